The highest BCUT2D eigenvalue weighted by molar-refractivity contribution is 6.29. The summed E-state index contributed by atoms with van der Waals surface area (Å²) >= 11 is 5.68. The molecule has 0 radical (unpaired) electrons. The Bertz CT molecular complexity index is 464. The lowest BCUT2D eigenvalue weighted by Crippen LogP contribution is -2.20. The normalized spacial score (nSPS) is 10.4. The maximum Gasteiger partial charge on any atom is 0.151 e. The van der Waals surface area contributed by atoms with Gasteiger partial charge in [-0.1, -0.05) is 11.6 Å². The molecule has 2 heterocycles. The molecule has 0 unspecified atom stereocenters. The second kappa shape index (κ2) is 4.49. The van der Waals surface area contributed by atoms with Crippen molar-refractivity contribution in [2.24, 2.45) is 7.05 Å². The molecule has 0 aliphatic heterocycles. The Hall–Kier alpha value is -1.62. The van der Waals surface area contributed by atoms with Gasteiger partial charge in [0.25, 0.3) is 0 Å². The summed E-state index contributed by atoms with van der Waals surface area (Å²) in [5, 5.41) is 8.19. The van der Waals surface area contributed by atoms with Crippen LogP contribution < -0.4 is 4.90 Å². The van der Waals surface area contributed by atoms with E-state index in [-0.39, 0.29) is 0 Å². The van der Waals surface area contributed by atoms with E-state index in [0.29, 0.717) is 11.7 Å². The Morgan fingerprint density at radius 2 is 2.19 bits per heavy atom. The largest absolute Gasteiger partial charge is 0.351 e. The number of imidazole rings is 1. The molecule has 0 aliphatic carbocycles. The van der Waals surface area contributed by atoms with E-state index in [1.54, 1.807) is 12.3 Å². The van der Waals surface area contributed by atoms with Crippen LogP contribution in [0.5, 0.6) is 0 Å². The van der Waals surface area contributed by atoms with Crippen molar-refractivity contribution in [3.8, 4) is 0 Å². The number of hydrogen-bond donors (Lipinski definition) is 0. The van der Waals surface area contributed by atoms with Gasteiger partial charge in [0.2, 0.25) is 0 Å². The minimum Gasteiger partial charge on any atom is -0.351 e. The summed E-state index contributed by atoms with van der Waals surface area (Å²) in [6.07, 6.45) is 3.69. The Balaban J connectivity index is 2.11. The van der Waals surface area contributed by atoms with Crippen LogP contribution in [0.15, 0.2) is 24.5 Å². The molecule has 5 nitrogen and oxygen atoms in total. The summed E-state index contributed by atoms with van der Waals surface area (Å²) in [7, 11) is 3.90. The Kier molecular flexibility index (Phi) is 3.05. The van der Waals surface area contributed by atoms with Crippen molar-refractivity contribution in [3.05, 3.63) is 35.5 Å². The first-order valence-corrected chi connectivity index (χ1v) is 5.21. The fraction of sp³-hybridized carbons (Fsp3) is 0.300. The molecule has 84 valence electrons. The molecule has 0 aliphatic rings. The molecule has 0 N–H and O–H groups in total. The predicted molar refractivity (Wildman–Crippen MR) is 62.4 cm³/mol. The topological polar surface area (TPSA) is 46.8 Å². The molecule has 2 aromatic heterocycles. The van der Waals surface area contributed by atoms with Crippen LogP contribution >= 0.6 is 11.6 Å². The third-order valence-electron chi connectivity index (χ3n) is 2.31. The molecular formula is C10H12ClN5. The SMILES string of the molecule is CN(Cc1nccn1C)c1ccc(Cl)nn1. The number of hydrogen-bond acceptors (Lipinski definition) is 4. The Labute approximate surface area is 98.7 Å². The second-order valence-corrected chi connectivity index (χ2v) is 3.91. The number of aromatic nitrogens is 4. The van der Waals surface area contributed by atoms with Gasteiger partial charge in [0.15, 0.2) is 11.0 Å². The van der Waals surface area contributed by atoms with Crippen LogP contribution in [0.1, 0.15) is 5.82 Å². The highest BCUT2D eigenvalue weighted by atomic mass is 35.5. The van der Waals surface area contributed by atoms with Gasteiger partial charge in [-0.2, -0.15) is 0 Å². The monoisotopic (exact) mass is 237 g/mol. The van der Waals surface area contributed by atoms with Crippen molar-refractivity contribution in [2.75, 3.05) is 11.9 Å². The molecule has 0 fully saturated rings. The van der Waals surface area contributed by atoms with Gasteiger partial charge in [-0.25, -0.2) is 4.98 Å². The summed E-state index contributed by atoms with van der Waals surface area (Å²) in [5.41, 5.74) is 0. The Morgan fingerprint density at radius 1 is 1.38 bits per heavy atom. The van der Waals surface area contributed by atoms with Gasteiger partial charge in [0, 0.05) is 26.5 Å². The predicted octanol–water partition coefficient (Wildman–Crippen LogP) is 1.50. The van der Waals surface area contributed by atoms with Gasteiger partial charge < -0.3 is 9.47 Å². The first-order valence-electron chi connectivity index (χ1n) is 4.83. The quantitative estimate of drug-likeness (QED) is 0.812. The lowest BCUT2D eigenvalue weighted by Gasteiger charge is -2.16. The van der Waals surface area contributed by atoms with Gasteiger partial charge in [-0.3, -0.25) is 0 Å². The van der Waals surface area contributed by atoms with Crippen molar-refractivity contribution >= 4 is 17.4 Å². The maximum absolute atomic E-state index is 5.68. The molecular weight excluding hydrogens is 226 g/mol. The zero-order valence-corrected chi connectivity index (χ0v) is 9.89. The summed E-state index contributed by atoms with van der Waals surface area (Å²) in [6.45, 7) is 0.680. The summed E-state index contributed by atoms with van der Waals surface area (Å²) in [5.74, 6) is 1.74. The zero-order chi connectivity index (χ0) is 11.5. The van der Waals surface area contributed by atoms with E-state index in [9.17, 15) is 0 Å². The summed E-state index contributed by atoms with van der Waals surface area (Å²) in [6, 6.07) is 3.55. The van der Waals surface area contributed by atoms with Gasteiger partial charge in [-0.05, 0) is 12.1 Å². The molecule has 0 spiro atoms. The molecule has 0 atom stereocenters. The molecule has 0 bridgehead atoms. The van der Waals surface area contributed by atoms with E-state index in [2.05, 4.69) is 15.2 Å². The van der Waals surface area contributed by atoms with E-state index >= 15 is 0 Å². The highest BCUT2D eigenvalue weighted by Gasteiger charge is 2.07. The first-order chi connectivity index (χ1) is 7.66. The number of aryl methyl sites for hydroxylation is 1. The van der Waals surface area contributed by atoms with Crippen molar-refractivity contribution in [1.29, 1.82) is 0 Å². The van der Waals surface area contributed by atoms with Crippen LogP contribution in [-0.4, -0.2) is 26.8 Å². The molecule has 6 heteroatoms. The van der Waals surface area contributed by atoms with E-state index in [1.165, 1.54) is 0 Å². The summed E-state index contributed by atoms with van der Waals surface area (Å²) in [4.78, 5) is 6.21. The molecule has 0 saturated heterocycles. The minimum absolute atomic E-state index is 0.397. The molecule has 2 aromatic rings. The maximum atomic E-state index is 5.68. The molecule has 0 saturated carbocycles. The minimum atomic E-state index is 0.397. The van der Waals surface area contributed by atoms with Crippen LogP contribution in [0.25, 0.3) is 0 Å². The first kappa shape index (κ1) is 10.9. The van der Waals surface area contributed by atoms with E-state index in [1.807, 2.05) is 35.8 Å². The number of anilines is 1. The van der Waals surface area contributed by atoms with Crippen LogP contribution in [0.2, 0.25) is 5.15 Å². The smallest absolute Gasteiger partial charge is 0.151 e. The van der Waals surface area contributed by atoms with Crippen molar-refractivity contribution in [1.82, 2.24) is 19.7 Å². The third-order valence-corrected chi connectivity index (χ3v) is 2.51. The fourth-order valence-electron chi connectivity index (χ4n) is 1.35. The number of halogens is 1. The molecule has 0 aromatic carbocycles. The fourth-order valence-corrected chi connectivity index (χ4v) is 1.46. The van der Waals surface area contributed by atoms with Gasteiger partial charge in [0.1, 0.15) is 5.82 Å². The van der Waals surface area contributed by atoms with E-state index < -0.39 is 0 Å². The third kappa shape index (κ3) is 2.30. The lowest BCUT2D eigenvalue weighted by atomic mass is 10.4. The zero-order valence-electron chi connectivity index (χ0n) is 9.13. The second-order valence-electron chi connectivity index (χ2n) is 3.52. The van der Waals surface area contributed by atoms with Gasteiger partial charge in [0.05, 0.1) is 6.54 Å². The molecule has 16 heavy (non-hydrogen) atoms. The molecule has 2 rings (SSSR count). The Morgan fingerprint density at radius 3 is 2.75 bits per heavy atom. The van der Waals surface area contributed by atoms with Crippen LogP contribution in [-0.2, 0) is 13.6 Å². The van der Waals surface area contributed by atoms with Gasteiger partial charge >= 0.3 is 0 Å². The average molecular weight is 238 g/mol. The van der Waals surface area contributed by atoms with Crippen LogP contribution in [0.4, 0.5) is 5.82 Å². The van der Waals surface area contributed by atoms with Crippen LogP contribution in [0.3, 0.4) is 0 Å². The lowest BCUT2D eigenvalue weighted by molar-refractivity contribution is 0.750. The van der Waals surface area contributed by atoms with Crippen molar-refractivity contribution in [3.63, 3.8) is 0 Å². The average Bonchev–Trinajstić information content (AvgIpc) is 2.65. The standard InChI is InChI=1S/C10H12ClN5/c1-15-6-5-12-10(15)7-16(2)9-4-3-8(11)13-14-9/h3-6H,7H2,1-2H3. The van der Waals surface area contributed by atoms with E-state index in [0.717, 1.165) is 11.6 Å². The van der Waals surface area contributed by atoms with Crippen molar-refractivity contribution < 1.29 is 0 Å². The van der Waals surface area contributed by atoms with Crippen LogP contribution in [0, 0.1) is 0 Å². The van der Waals surface area contributed by atoms with Gasteiger partial charge in [-0.15, -0.1) is 10.2 Å². The summed E-state index contributed by atoms with van der Waals surface area (Å²) < 4.78 is 1.97. The van der Waals surface area contributed by atoms with Crippen molar-refractivity contribution in [2.45, 2.75) is 6.54 Å². The number of rotatable bonds is 3. The number of nitrogens with zero attached hydrogens (tertiary/aromatic N) is 5. The highest BCUT2D eigenvalue weighted by Crippen LogP contribution is 2.12. The molecule has 0 amide bonds. The van der Waals surface area contributed by atoms with E-state index in [4.69, 9.17) is 11.6 Å².